The molecule has 3 rings (SSSR count). The highest BCUT2D eigenvalue weighted by atomic mass is 79.9. The van der Waals surface area contributed by atoms with Gasteiger partial charge < -0.3 is 9.73 Å². The lowest BCUT2D eigenvalue weighted by Gasteiger charge is -2.04. The summed E-state index contributed by atoms with van der Waals surface area (Å²) in [5, 5.41) is 5.39. The van der Waals surface area contributed by atoms with Crippen LogP contribution in [0.2, 0.25) is 0 Å². The highest BCUT2D eigenvalue weighted by Crippen LogP contribution is 2.19. The second kappa shape index (κ2) is 5.95. The molecule has 0 bridgehead atoms. The summed E-state index contributed by atoms with van der Waals surface area (Å²) in [5.41, 5.74) is 1.48. The third-order valence-electron chi connectivity index (χ3n) is 3.01. The number of fused-ring (bicyclic) bond motifs is 1. The third kappa shape index (κ3) is 2.87. The molecule has 0 saturated heterocycles. The van der Waals surface area contributed by atoms with Crippen molar-refractivity contribution >= 4 is 38.4 Å². The molecule has 0 aliphatic rings. The van der Waals surface area contributed by atoms with E-state index in [1.165, 1.54) is 4.88 Å². The standard InChI is InChI=1S/C14H13BrN2O2S/c15-10-7-11(20-9-10)8-16-5-6-17-12-3-1-2-4-13(12)19-14(17)18/h1-4,7,9,16H,5-6,8H2. The predicted octanol–water partition coefficient (Wildman–Crippen LogP) is 3.21. The van der Waals surface area contributed by atoms with Crippen LogP contribution in [0.25, 0.3) is 11.1 Å². The minimum Gasteiger partial charge on any atom is -0.408 e. The summed E-state index contributed by atoms with van der Waals surface area (Å²) in [4.78, 5) is 13.0. The molecule has 0 atom stereocenters. The molecule has 0 saturated carbocycles. The average molecular weight is 353 g/mol. The fourth-order valence-electron chi connectivity index (χ4n) is 2.07. The van der Waals surface area contributed by atoms with Gasteiger partial charge in [0.1, 0.15) is 0 Å². The lowest BCUT2D eigenvalue weighted by atomic mass is 10.3. The fourth-order valence-corrected chi connectivity index (χ4v) is 3.50. The highest BCUT2D eigenvalue weighted by molar-refractivity contribution is 9.10. The maximum Gasteiger partial charge on any atom is 0.419 e. The second-order valence-corrected chi connectivity index (χ2v) is 6.31. The summed E-state index contributed by atoms with van der Waals surface area (Å²) in [6, 6.07) is 9.57. The van der Waals surface area contributed by atoms with Gasteiger partial charge in [0.15, 0.2) is 5.58 Å². The number of para-hydroxylation sites is 2. The molecule has 0 radical (unpaired) electrons. The lowest BCUT2D eigenvalue weighted by molar-refractivity contribution is 0.494. The van der Waals surface area contributed by atoms with E-state index >= 15 is 0 Å². The minimum absolute atomic E-state index is 0.299. The Bertz CT molecular complexity index is 775. The first-order valence-electron chi connectivity index (χ1n) is 6.26. The first-order chi connectivity index (χ1) is 9.74. The van der Waals surface area contributed by atoms with Gasteiger partial charge in [-0.2, -0.15) is 0 Å². The molecule has 6 heteroatoms. The van der Waals surface area contributed by atoms with Crippen molar-refractivity contribution < 1.29 is 4.42 Å². The molecule has 2 aromatic heterocycles. The Morgan fingerprint density at radius 2 is 2.20 bits per heavy atom. The maximum absolute atomic E-state index is 11.8. The molecular weight excluding hydrogens is 340 g/mol. The maximum atomic E-state index is 11.8. The monoisotopic (exact) mass is 352 g/mol. The zero-order valence-corrected chi connectivity index (χ0v) is 13.0. The van der Waals surface area contributed by atoms with Gasteiger partial charge in [-0.25, -0.2) is 4.79 Å². The van der Waals surface area contributed by atoms with E-state index in [0.717, 1.165) is 23.1 Å². The van der Waals surface area contributed by atoms with Crippen LogP contribution in [0.3, 0.4) is 0 Å². The summed E-state index contributed by atoms with van der Waals surface area (Å²) in [6.45, 7) is 2.13. The van der Waals surface area contributed by atoms with E-state index in [4.69, 9.17) is 4.42 Å². The Morgan fingerprint density at radius 3 is 3.00 bits per heavy atom. The van der Waals surface area contributed by atoms with Crippen molar-refractivity contribution in [2.24, 2.45) is 0 Å². The molecule has 0 amide bonds. The van der Waals surface area contributed by atoms with Crippen LogP contribution in [0.4, 0.5) is 0 Å². The number of rotatable bonds is 5. The van der Waals surface area contributed by atoms with Gasteiger partial charge in [-0.15, -0.1) is 11.3 Å². The van der Waals surface area contributed by atoms with E-state index in [1.54, 1.807) is 15.9 Å². The Labute approximate surface area is 128 Å². The van der Waals surface area contributed by atoms with Crippen molar-refractivity contribution in [3.8, 4) is 0 Å². The smallest absolute Gasteiger partial charge is 0.408 e. The molecule has 0 aliphatic heterocycles. The number of oxazole rings is 1. The van der Waals surface area contributed by atoms with Crippen molar-refractivity contribution in [1.82, 2.24) is 9.88 Å². The predicted molar refractivity (Wildman–Crippen MR) is 84.2 cm³/mol. The third-order valence-corrected chi connectivity index (χ3v) is 4.70. The zero-order valence-electron chi connectivity index (χ0n) is 10.6. The summed E-state index contributed by atoms with van der Waals surface area (Å²) in [6.07, 6.45) is 0. The summed E-state index contributed by atoms with van der Waals surface area (Å²) in [7, 11) is 0. The van der Waals surface area contributed by atoms with Crippen LogP contribution >= 0.6 is 27.3 Å². The number of thiophene rings is 1. The summed E-state index contributed by atoms with van der Waals surface area (Å²) in [5.74, 6) is -0.299. The zero-order chi connectivity index (χ0) is 13.9. The Kier molecular flexibility index (Phi) is 4.05. The summed E-state index contributed by atoms with van der Waals surface area (Å²) >= 11 is 5.14. The van der Waals surface area contributed by atoms with E-state index in [0.29, 0.717) is 12.1 Å². The Morgan fingerprint density at radius 1 is 1.35 bits per heavy atom. The van der Waals surface area contributed by atoms with Crippen molar-refractivity contribution in [2.75, 3.05) is 6.54 Å². The number of aromatic nitrogens is 1. The number of benzene rings is 1. The number of nitrogens with one attached hydrogen (secondary N) is 1. The van der Waals surface area contributed by atoms with Crippen molar-refractivity contribution in [3.05, 3.63) is 55.6 Å². The van der Waals surface area contributed by atoms with Crippen molar-refractivity contribution in [2.45, 2.75) is 13.1 Å². The molecule has 3 aromatic rings. The van der Waals surface area contributed by atoms with Gasteiger partial charge in [-0.05, 0) is 34.1 Å². The van der Waals surface area contributed by atoms with E-state index in [1.807, 2.05) is 24.3 Å². The lowest BCUT2D eigenvalue weighted by Crippen LogP contribution is -2.24. The van der Waals surface area contributed by atoms with Crippen molar-refractivity contribution in [1.29, 1.82) is 0 Å². The van der Waals surface area contributed by atoms with E-state index in [9.17, 15) is 4.79 Å². The topological polar surface area (TPSA) is 47.2 Å². The van der Waals surface area contributed by atoms with Gasteiger partial charge in [-0.1, -0.05) is 12.1 Å². The molecular formula is C14H13BrN2O2S. The van der Waals surface area contributed by atoms with Gasteiger partial charge in [0.05, 0.1) is 5.52 Å². The largest absolute Gasteiger partial charge is 0.419 e. The van der Waals surface area contributed by atoms with E-state index in [-0.39, 0.29) is 5.76 Å². The van der Waals surface area contributed by atoms with Crippen LogP contribution in [-0.2, 0) is 13.1 Å². The number of nitrogens with zero attached hydrogens (tertiary/aromatic N) is 1. The van der Waals surface area contributed by atoms with Gasteiger partial charge >= 0.3 is 5.76 Å². The summed E-state index contributed by atoms with van der Waals surface area (Å²) < 4.78 is 7.96. The molecule has 0 fully saturated rings. The molecule has 2 heterocycles. The molecule has 20 heavy (non-hydrogen) atoms. The van der Waals surface area contributed by atoms with Gasteiger partial charge in [0.25, 0.3) is 0 Å². The molecule has 0 aliphatic carbocycles. The van der Waals surface area contributed by atoms with Crippen molar-refractivity contribution in [3.63, 3.8) is 0 Å². The minimum atomic E-state index is -0.299. The first kappa shape index (κ1) is 13.6. The van der Waals surface area contributed by atoms with Crippen LogP contribution in [0.15, 0.2) is 49.4 Å². The normalized spacial score (nSPS) is 11.2. The SMILES string of the molecule is O=c1oc2ccccc2n1CCNCc1cc(Br)cs1. The number of halogens is 1. The van der Waals surface area contributed by atoms with Crippen LogP contribution in [0.5, 0.6) is 0 Å². The first-order valence-corrected chi connectivity index (χ1v) is 7.93. The molecule has 4 nitrogen and oxygen atoms in total. The number of hydrogen-bond acceptors (Lipinski definition) is 4. The molecule has 104 valence electrons. The fraction of sp³-hybridized carbons (Fsp3) is 0.214. The van der Waals surface area contributed by atoms with E-state index < -0.39 is 0 Å². The molecule has 0 unspecified atom stereocenters. The average Bonchev–Trinajstić information content (AvgIpc) is 2.98. The molecule has 0 spiro atoms. The van der Waals surface area contributed by atoms with Gasteiger partial charge in [0.2, 0.25) is 0 Å². The highest BCUT2D eigenvalue weighted by Gasteiger charge is 2.07. The molecule has 1 aromatic carbocycles. The van der Waals surface area contributed by atoms with Crippen LogP contribution in [0, 0.1) is 0 Å². The second-order valence-electron chi connectivity index (χ2n) is 4.40. The van der Waals surface area contributed by atoms with Gasteiger partial charge in [-0.3, -0.25) is 4.57 Å². The van der Waals surface area contributed by atoms with Gasteiger partial charge in [0, 0.05) is 34.4 Å². The molecule has 1 N–H and O–H groups in total. The Balaban J connectivity index is 1.62. The Hall–Kier alpha value is -1.37. The van der Waals surface area contributed by atoms with Crippen LogP contribution < -0.4 is 11.1 Å². The number of hydrogen-bond donors (Lipinski definition) is 1. The van der Waals surface area contributed by atoms with Crippen LogP contribution in [0.1, 0.15) is 4.88 Å². The quantitative estimate of drug-likeness (QED) is 0.717. The van der Waals surface area contributed by atoms with E-state index in [2.05, 4.69) is 32.7 Å². The van der Waals surface area contributed by atoms with Crippen LogP contribution in [-0.4, -0.2) is 11.1 Å².